The van der Waals surface area contributed by atoms with Gasteiger partial charge in [0.1, 0.15) is 5.82 Å². The highest BCUT2D eigenvalue weighted by Gasteiger charge is 2.35. The lowest BCUT2D eigenvalue weighted by molar-refractivity contribution is 0.106. The Balaban J connectivity index is 1.52. The van der Waals surface area contributed by atoms with Crippen LogP contribution in [0.2, 0.25) is 0 Å². The number of hydrogen-bond donors (Lipinski definition) is 1. The van der Waals surface area contributed by atoms with Crippen molar-refractivity contribution in [3.8, 4) is 11.3 Å². The van der Waals surface area contributed by atoms with Gasteiger partial charge < -0.3 is 14.1 Å². The van der Waals surface area contributed by atoms with E-state index < -0.39 is 0 Å². The number of ether oxygens (including phenoxy) is 1. The van der Waals surface area contributed by atoms with Gasteiger partial charge in [-0.2, -0.15) is 0 Å². The first kappa shape index (κ1) is 15.1. The largest absolute Gasteiger partial charge is 0.439 e. The minimum absolute atomic E-state index is 0.192. The van der Waals surface area contributed by atoms with Gasteiger partial charge in [0, 0.05) is 31.6 Å². The molecule has 1 aliphatic rings. The number of aromatic nitrogens is 3. The Kier molecular flexibility index (Phi) is 4.15. The van der Waals surface area contributed by atoms with Gasteiger partial charge in [0.2, 0.25) is 5.89 Å². The van der Waals surface area contributed by atoms with Crippen LogP contribution < -0.4 is 0 Å². The summed E-state index contributed by atoms with van der Waals surface area (Å²) >= 11 is 0. The maximum Gasteiger partial charge on any atom is 0.209 e. The van der Waals surface area contributed by atoms with Crippen LogP contribution in [0.4, 0.5) is 0 Å². The molecule has 1 aliphatic heterocycles. The number of methoxy groups -OCH3 is 1. The Morgan fingerprint density at radius 1 is 1.29 bits per heavy atom. The minimum atomic E-state index is 0.192. The van der Waals surface area contributed by atoms with Gasteiger partial charge in [-0.15, -0.1) is 0 Å². The van der Waals surface area contributed by atoms with Crippen molar-refractivity contribution in [1.82, 2.24) is 19.9 Å². The van der Waals surface area contributed by atoms with E-state index in [0.29, 0.717) is 12.4 Å². The molecule has 2 aromatic heterocycles. The monoisotopic (exact) mass is 324 g/mol. The van der Waals surface area contributed by atoms with Gasteiger partial charge in [0.15, 0.2) is 5.76 Å². The van der Waals surface area contributed by atoms with Gasteiger partial charge >= 0.3 is 0 Å². The molecule has 0 saturated carbocycles. The van der Waals surface area contributed by atoms with Gasteiger partial charge in [-0.3, -0.25) is 4.90 Å². The first-order valence-corrected chi connectivity index (χ1v) is 8.09. The Labute approximate surface area is 140 Å². The van der Waals surface area contributed by atoms with Gasteiger partial charge in [0.05, 0.1) is 24.9 Å². The summed E-state index contributed by atoms with van der Waals surface area (Å²) in [7, 11) is 1.76. The number of oxazole rings is 1. The van der Waals surface area contributed by atoms with Crippen LogP contribution in [0.25, 0.3) is 11.3 Å². The van der Waals surface area contributed by atoms with E-state index in [0.717, 1.165) is 30.1 Å². The Morgan fingerprint density at radius 2 is 2.17 bits per heavy atom. The van der Waals surface area contributed by atoms with E-state index in [4.69, 9.17) is 9.15 Å². The zero-order valence-electron chi connectivity index (χ0n) is 13.6. The number of nitrogens with one attached hydrogen (secondary N) is 1. The first-order chi connectivity index (χ1) is 11.8. The van der Waals surface area contributed by atoms with Crippen LogP contribution in [-0.2, 0) is 11.3 Å². The lowest BCUT2D eigenvalue weighted by atomic mass is 10.2. The van der Waals surface area contributed by atoms with Crippen molar-refractivity contribution in [3.05, 3.63) is 60.6 Å². The van der Waals surface area contributed by atoms with Crippen LogP contribution >= 0.6 is 0 Å². The molecule has 1 N–H and O–H groups in total. The molecule has 0 radical (unpaired) electrons. The number of hydrogen-bond acceptors (Lipinski definition) is 5. The minimum Gasteiger partial charge on any atom is -0.439 e. The fraction of sp³-hybridized carbons (Fsp3) is 0.333. The summed E-state index contributed by atoms with van der Waals surface area (Å²) in [4.78, 5) is 14.4. The molecule has 1 saturated heterocycles. The molecule has 3 heterocycles. The summed E-state index contributed by atoms with van der Waals surface area (Å²) in [6.45, 7) is 1.48. The highest BCUT2D eigenvalue weighted by atomic mass is 16.5. The van der Waals surface area contributed by atoms with Gasteiger partial charge in [-0.25, -0.2) is 9.97 Å². The topological polar surface area (TPSA) is 67.2 Å². The lowest BCUT2D eigenvalue weighted by Gasteiger charge is -2.20. The molecule has 6 nitrogen and oxygen atoms in total. The number of nitrogens with zero attached hydrogens (tertiary/aromatic N) is 3. The second-order valence-electron chi connectivity index (χ2n) is 6.00. The predicted octanol–water partition coefficient (Wildman–Crippen LogP) is 3.03. The summed E-state index contributed by atoms with van der Waals surface area (Å²) in [6.07, 6.45) is 6.54. The summed E-state index contributed by atoms with van der Waals surface area (Å²) in [5.41, 5.74) is 1.04. The average molecular weight is 324 g/mol. The molecule has 124 valence electrons. The molecule has 0 bridgehead atoms. The van der Waals surface area contributed by atoms with Gasteiger partial charge in [-0.05, 0) is 6.42 Å². The van der Waals surface area contributed by atoms with Crippen molar-refractivity contribution < 1.29 is 9.15 Å². The number of aromatic amines is 1. The molecule has 2 atom stereocenters. The van der Waals surface area contributed by atoms with Gasteiger partial charge in [0.25, 0.3) is 0 Å². The van der Waals surface area contributed by atoms with E-state index in [9.17, 15) is 0 Å². The Hall–Kier alpha value is -2.44. The molecule has 1 aromatic carbocycles. The molecule has 3 aromatic rings. The van der Waals surface area contributed by atoms with Gasteiger partial charge in [-0.1, -0.05) is 30.3 Å². The van der Waals surface area contributed by atoms with Crippen LogP contribution in [0.3, 0.4) is 0 Å². The van der Waals surface area contributed by atoms with Crippen LogP contribution in [-0.4, -0.2) is 39.6 Å². The normalized spacial score (nSPS) is 21.4. The maximum absolute atomic E-state index is 5.94. The second kappa shape index (κ2) is 6.59. The summed E-state index contributed by atoms with van der Waals surface area (Å²) in [5.74, 6) is 2.47. The predicted molar refractivity (Wildman–Crippen MR) is 89.1 cm³/mol. The molecule has 0 spiro atoms. The van der Waals surface area contributed by atoms with Crippen molar-refractivity contribution in [2.75, 3.05) is 13.7 Å². The standard InChI is InChI=1S/C18H20N4O2/c1-23-14-9-15(18-19-7-8-20-18)22(11-14)12-17-21-10-16(24-17)13-5-3-2-4-6-13/h2-8,10,14-15H,9,11-12H2,1H3,(H,19,20)/t14-,15?/m1/s1. The van der Waals surface area contributed by atoms with Crippen molar-refractivity contribution in [2.45, 2.75) is 25.1 Å². The van der Waals surface area contributed by atoms with Crippen LogP contribution in [0.15, 0.2) is 53.3 Å². The van der Waals surface area contributed by atoms with E-state index >= 15 is 0 Å². The number of H-pyrrole nitrogens is 1. The number of likely N-dealkylation sites (tertiary alicyclic amines) is 1. The zero-order chi connectivity index (χ0) is 16.4. The molecule has 6 heteroatoms. The lowest BCUT2D eigenvalue weighted by Crippen LogP contribution is -2.25. The fourth-order valence-corrected chi connectivity index (χ4v) is 3.24. The third-order valence-electron chi connectivity index (χ3n) is 4.48. The fourth-order valence-electron chi connectivity index (χ4n) is 3.24. The van der Waals surface area contributed by atoms with E-state index in [1.165, 1.54) is 0 Å². The molecule has 0 amide bonds. The quantitative estimate of drug-likeness (QED) is 0.781. The number of rotatable bonds is 5. The molecule has 0 aliphatic carbocycles. The first-order valence-electron chi connectivity index (χ1n) is 8.09. The highest BCUT2D eigenvalue weighted by molar-refractivity contribution is 5.55. The van der Waals surface area contributed by atoms with Crippen molar-refractivity contribution in [3.63, 3.8) is 0 Å². The smallest absolute Gasteiger partial charge is 0.209 e. The van der Waals surface area contributed by atoms with Crippen LogP contribution in [0.1, 0.15) is 24.2 Å². The third kappa shape index (κ3) is 2.98. The molecular weight excluding hydrogens is 304 g/mol. The molecular formula is C18H20N4O2. The second-order valence-corrected chi connectivity index (χ2v) is 6.00. The zero-order valence-corrected chi connectivity index (χ0v) is 13.6. The van der Waals surface area contributed by atoms with E-state index in [-0.39, 0.29) is 12.1 Å². The number of imidazole rings is 1. The van der Waals surface area contributed by atoms with Crippen LogP contribution in [0, 0.1) is 0 Å². The average Bonchev–Trinajstić information content (AvgIpc) is 3.36. The maximum atomic E-state index is 5.94. The Morgan fingerprint density at radius 3 is 2.92 bits per heavy atom. The van der Waals surface area contributed by atoms with Crippen molar-refractivity contribution in [2.24, 2.45) is 0 Å². The molecule has 24 heavy (non-hydrogen) atoms. The van der Waals surface area contributed by atoms with E-state index in [1.54, 1.807) is 19.5 Å². The van der Waals surface area contributed by atoms with Crippen LogP contribution in [0.5, 0.6) is 0 Å². The van der Waals surface area contributed by atoms with E-state index in [1.807, 2.05) is 36.5 Å². The third-order valence-corrected chi connectivity index (χ3v) is 4.48. The molecule has 1 fully saturated rings. The highest BCUT2D eigenvalue weighted by Crippen LogP contribution is 2.33. The molecule has 4 rings (SSSR count). The summed E-state index contributed by atoms with van der Waals surface area (Å²) < 4.78 is 11.5. The molecule has 1 unspecified atom stereocenters. The van der Waals surface area contributed by atoms with Crippen molar-refractivity contribution in [1.29, 1.82) is 0 Å². The SMILES string of the molecule is CO[C@@H]1CC(c2ncc[nH]2)N(Cc2ncc(-c3ccccc3)o2)C1. The summed E-state index contributed by atoms with van der Waals surface area (Å²) in [5, 5.41) is 0. The summed E-state index contributed by atoms with van der Waals surface area (Å²) in [6, 6.07) is 10.2. The van der Waals surface area contributed by atoms with Crippen molar-refractivity contribution >= 4 is 0 Å². The van der Waals surface area contributed by atoms with E-state index in [2.05, 4.69) is 19.9 Å². The Bertz CT molecular complexity index is 769. The number of benzene rings is 1.